The molecule has 0 unspecified atom stereocenters. The summed E-state index contributed by atoms with van der Waals surface area (Å²) in [7, 11) is 0. The Balaban J connectivity index is 1.45. The van der Waals surface area contributed by atoms with Crippen LogP contribution in [0.4, 0.5) is 5.69 Å². The van der Waals surface area contributed by atoms with Gasteiger partial charge in [-0.15, -0.1) is 0 Å². The lowest BCUT2D eigenvalue weighted by molar-refractivity contribution is 0.0978. The average Bonchev–Trinajstić information content (AvgIpc) is 2.83. The lowest BCUT2D eigenvalue weighted by Gasteiger charge is -2.20. The number of anilines is 1. The minimum atomic E-state index is -0.406. The van der Waals surface area contributed by atoms with Crippen LogP contribution in [0.1, 0.15) is 42.2 Å². The van der Waals surface area contributed by atoms with E-state index in [1.807, 2.05) is 30.3 Å². The predicted octanol–water partition coefficient (Wildman–Crippen LogP) is 5.51. The topological polar surface area (TPSA) is 72.5 Å². The fraction of sp³-hybridized carbons (Fsp3) is 0. The van der Waals surface area contributed by atoms with Crippen LogP contribution >= 0.6 is 0 Å². The first-order valence-corrected chi connectivity index (χ1v) is 10.1. The van der Waals surface area contributed by atoms with Gasteiger partial charge in [-0.1, -0.05) is 60.7 Å². The van der Waals surface area contributed by atoms with Gasteiger partial charge in [-0.05, 0) is 36.4 Å². The van der Waals surface area contributed by atoms with E-state index in [9.17, 15) is 14.4 Å². The van der Waals surface area contributed by atoms with E-state index in [1.54, 1.807) is 66.7 Å². The molecule has 1 N–H and O–H groups in total. The van der Waals surface area contributed by atoms with Crippen molar-refractivity contribution in [2.75, 3.05) is 5.32 Å². The van der Waals surface area contributed by atoms with Crippen LogP contribution in [-0.4, -0.2) is 17.5 Å². The first-order valence-electron chi connectivity index (χ1n) is 10.1. The molecule has 0 aliphatic heterocycles. The molecule has 1 amide bonds. The molecule has 1 aliphatic carbocycles. The van der Waals surface area contributed by atoms with Crippen molar-refractivity contribution in [2.45, 2.75) is 0 Å². The smallest absolute Gasteiger partial charge is 0.255 e. The highest BCUT2D eigenvalue weighted by atomic mass is 16.5. The van der Waals surface area contributed by atoms with Gasteiger partial charge in [0.1, 0.15) is 11.5 Å². The standard InChI is InChI=1S/C27H17NO4/c29-25-20-12-4-5-13-21(20)26(30)24-22(25)14-7-15-23(24)28-27(31)17-8-6-11-19(16-17)32-18-9-2-1-3-10-18/h1-16H,(H,28,31). The maximum Gasteiger partial charge on any atom is 0.255 e. The van der Waals surface area contributed by atoms with Crippen LogP contribution in [0, 0.1) is 0 Å². The molecule has 154 valence electrons. The van der Waals surface area contributed by atoms with Gasteiger partial charge in [0.25, 0.3) is 5.91 Å². The van der Waals surface area contributed by atoms with Gasteiger partial charge in [0.15, 0.2) is 11.6 Å². The quantitative estimate of drug-likeness (QED) is 0.417. The second kappa shape index (κ2) is 7.96. The molecule has 0 saturated carbocycles. The summed E-state index contributed by atoms with van der Waals surface area (Å²) < 4.78 is 5.80. The molecule has 0 bridgehead atoms. The van der Waals surface area contributed by atoms with Gasteiger partial charge in [0.2, 0.25) is 0 Å². The third kappa shape index (κ3) is 3.46. The number of hydrogen-bond acceptors (Lipinski definition) is 4. The van der Waals surface area contributed by atoms with Crippen molar-refractivity contribution >= 4 is 23.2 Å². The number of para-hydroxylation sites is 1. The second-order valence-electron chi connectivity index (χ2n) is 7.33. The van der Waals surface area contributed by atoms with Gasteiger partial charge in [-0.3, -0.25) is 14.4 Å². The Bertz CT molecular complexity index is 1380. The van der Waals surface area contributed by atoms with Gasteiger partial charge in [-0.25, -0.2) is 0 Å². The van der Waals surface area contributed by atoms with Crippen LogP contribution in [-0.2, 0) is 0 Å². The molecule has 5 heteroatoms. The summed E-state index contributed by atoms with van der Waals surface area (Å²) >= 11 is 0. The SMILES string of the molecule is O=C(Nc1cccc2c1C(=O)c1ccccc1C2=O)c1cccc(Oc2ccccc2)c1. The molecule has 5 rings (SSSR count). The maximum absolute atomic E-state index is 13.1. The Morgan fingerprint density at radius 2 is 1.25 bits per heavy atom. The normalized spacial score (nSPS) is 12.0. The number of amides is 1. The molecule has 0 atom stereocenters. The summed E-state index contributed by atoms with van der Waals surface area (Å²) in [5, 5.41) is 2.79. The summed E-state index contributed by atoms with van der Waals surface area (Å²) in [6.45, 7) is 0. The van der Waals surface area contributed by atoms with Crippen molar-refractivity contribution < 1.29 is 19.1 Å². The van der Waals surface area contributed by atoms with Crippen LogP contribution in [0.2, 0.25) is 0 Å². The van der Waals surface area contributed by atoms with Crippen LogP contribution < -0.4 is 10.1 Å². The van der Waals surface area contributed by atoms with Crippen LogP contribution in [0.25, 0.3) is 0 Å². The van der Waals surface area contributed by atoms with Gasteiger partial charge < -0.3 is 10.1 Å². The third-order valence-corrected chi connectivity index (χ3v) is 5.28. The third-order valence-electron chi connectivity index (χ3n) is 5.28. The number of carbonyl (C=O) groups excluding carboxylic acids is 3. The Hall–Kier alpha value is -4.51. The van der Waals surface area contributed by atoms with Crippen LogP contribution in [0.15, 0.2) is 97.1 Å². The monoisotopic (exact) mass is 419 g/mol. The van der Waals surface area contributed by atoms with E-state index >= 15 is 0 Å². The van der Waals surface area contributed by atoms with E-state index in [0.29, 0.717) is 33.9 Å². The van der Waals surface area contributed by atoms with Crippen molar-refractivity contribution in [2.24, 2.45) is 0 Å². The number of ether oxygens (including phenoxy) is 1. The van der Waals surface area contributed by atoms with E-state index in [0.717, 1.165) is 0 Å². The van der Waals surface area contributed by atoms with Crippen molar-refractivity contribution in [1.82, 2.24) is 0 Å². The van der Waals surface area contributed by atoms with Crippen LogP contribution in [0.5, 0.6) is 11.5 Å². The largest absolute Gasteiger partial charge is 0.457 e. The fourth-order valence-corrected chi connectivity index (χ4v) is 3.77. The van der Waals surface area contributed by atoms with Gasteiger partial charge in [-0.2, -0.15) is 0 Å². The lowest BCUT2D eigenvalue weighted by Crippen LogP contribution is -2.23. The fourth-order valence-electron chi connectivity index (χ4n) is 3.77. The lowest BCUT2D eigenvalue weighted by atomic mass is 9.83. The maximum atomic E-state index is 13.1. The summed E-state index contributed by atoms with van der Waals surface area (Å²) in [6, 6.07) is 27.6. The number of carbonyl (C=O) groups is 3. The Morgan fingerprint density at radius 1 is 0.625 bits per heavy atom. The minimum Gasteiger partial charge on any atom is -0.457 e. The molecule has 0 aromatic heterocycles. The zero-order valence-corrected chi connectivity index (χ0v) is 16.9. The average molecular weight is 419 g/mol. The van der Waals surface area contributed by atoms with Crippen molar-refractivity contribution in [1.29, 1.82) is 0 Å². The van der Waals surface area contributed by atoms with Crippen molar-refractivity contribution in [3.8, 4) is 11.5 Å². The molecule has 0 heterocycles. The highest BCUT2D eigenvalue weighted by Gasteiger charge is 2.31. The van der Waals surface area contributed by atoms with Gasteiger partial charge in [0, 0.05) is 22.3 Å². The van der Waals surface area contributed by atoms with E-state index in [1.165, 1.54) is 0 Å². The number of nitrogens with one attached hydrogen (secondary N) is 1. The highest BCUT2D eigenvalue weighted by Crippen LogP contribution is 2.32. The van der Waals surface area contributed by atoms with E-state index in [-0.39, 0.29) is 22.7 Å². The second-order valence-corrected chi connectivity index (χ2v) is 7.33. The van der Waals surface area contributed by atoms with Crippen molar-refractivity contribution in [3.05, 3.63) is 125 Å². The molecular weight excluding hydrogens is 402 g/mol. The summed E-state index contributed by atoms with van der Waals surface area (Å²) in [4.78, 5) is 39.0. The van der Waals surface area contributed by atoms with E-state index in [4.69, 9.17) is 4.74 Å². The molecule has 0 saturated heterocycles. The molecule has 32 heavy (non-hydrogen) atoms. The van der Waals surface area contributed by atoms with Gasteiger partial charge in [0.05, 0.1) is 11.3 Å². The molecule has 4 aromatic rings. The Morgan fingerprint density at radius 3 is 2.03 bits per heavy atom. The number of fused-ring (bicyclic) bond motifs is 2. The van der Waals surface area contributed by atoms with Crippen molar-refractivity contribution in [3.63, 3.8) is 0 Å². The highest BCUT2D eigenvalue weighted by molar-refractivity contribution is 6.30. The Labute approximate surface area is 184 Å². The summed E-state index contributed by atoms with van der Waals surface area (Å²) in [5.74, 6) is 0.247. The zero-order chi connectivity index (χ0) is 22.1. The van der Waals surface area contributed by atoms with E-state index < -0.39 is 5.91 Å². The summed E-state index contributed by atoms with van der Waals surface area (Å²) in [6.07, 6.45) is 0. The molecule has 0 spiro atoms. The molecular formula is C27H17NO4. The molecule has 5 nitrogen and oxygen atoms in total. The number of rotatable bonds is 4. The minimum absolute atomic E-state index is 0.209. The zero-order valence-electron chi connectivity index (χ0n) is 16.9. The molecule has 4 aromatic carbocycles. The number of hydrogen-bond donors (Lipinski definition) is 1. The van der Waals surface area contributed by atoms with Gasteiger partial charge >= 0.3 is 0 Å². The van der Waals surface area contributed by atoms with Crippen LogP contribution in [0.3, 0.4) is 0 Å². The number of benzene rings is 4. The first kappa shape index (κ1) is 19.5. The molecule has 0 fully saturated rings. The summed E-state index contributed by atoms with van der Waals surface area (Å²) in [5.41, 5.74) is 1.87. The molecule has 1 aliphatic rings. The predicted molar refractivity (Wildman–Crippen MR) is 121 cm³/mol. The molecule has 0 radical (unpaired) electrons. The Kier molecular flexibility index (Phi) is 4.84. The first-order chi connectivity index (χ1) is 15.6. The van der Waals surface area contributed by atoms with E-state index in [2.05, 4.69) is 5.32 Å². The number of ketones is 2.